The summed E-state index contributed by atoms with van der Waals surface area (Å²) in [5.41, 5.74) is 11.4. The molecule has 0 bridgehead atoms. The van der Waals surface area contributed by atoms with E-state index in [0.717, 1.165) is 0 Å². The van der Waals surface area contributed by atoms with Crippen molar-refractivity contribution in [1.29, 1.82) is 0 Å². The highest BCUT2D eigenvalue weighted by molar-refractivity contribution is 5.92. The Morgan fingerprint density at radius 3 is 2.11 bits per heavy atom. The number of primary amides is 1. The van der Waals surface area contributed by atoms with Gasteiger partial charge < -0.3 is 25.6 Å². The van der Waals surface area contributed by atoms with Crippen molar-refractivity contribution >= 4 is 11.8 Å². The van der Waals surface area contributed by atoms with E-state index in [4.69, 9.17) is 20.3 Å². The molecule has 2 amide bonds. The van der Waals surface area contributed by atoms with Crippen LogP contribution in [0.3, 0.4) is 0 Å². The van der Waals surface area contributed by atoms with Gasteiger partial charge in [-0.3, -0.25) is 9.59 Å². The summed E-state index contributed by atoms with van der Waals surface area (Å²) in [7, 11) is 0. The maximum atomic E-state index is 12.6. The number of aromatic nitrogens is 2. The van der Waals surface area contributed by atoms with Crippen molar-refractivity contribution in [2.24, 2.45) is 23.3 Å². The molecule has 0 aliphatic rings. The molecule has 5 N–H and O–H groups in total. The van der Waals surface area contributed by atoms with Crippen LogP contribution >= 0.6 is 0 Å². The fraction of sp³-hybridized carbons (Fsp3) is 0.556. The molecule has 0 aliphatic heterocycles. The summed E-state index contributed by atoms with van der Waals surface area (Å²) in [5.74, 6) is 0.0224. The molecule has 148 valence electrons. The minimum atomic E-state index is -0.695. The molecular formula is C18H27N5O4. The van der Waals surface area contributed by atoms with E-state index in [1.165, 1.54) is 12.5 Å². The van der Waals surface area contributed by atoms with Gasteiger partial charge in [0.15, 0.2) is 11.4 Å². The highest BCUT2D eigenvalue weighted by atomic mass is 16.3. The maximum Gasteiger partial charge on any atom is 0.273 e. The van der Waals surface area contributed by atoms with Crippen molar-refractivity contribution in [1.82, 2.24) is 15.3 Å². The minimum absolute atomic E-state index is 0.0105. The lowest BCUT2D eigenvalue weighted by Gasteiger charge is -2.16. The van der Waals surface area contributed by atoms with Crippen LogP contribution in [-0.2, 0) is 0 Å². The molecule has 2 aromatic rings. The smallest absolute Gasteiger partial charge is 0.273 e. The molecule has 0 unspecified atom stereocenters. The molecule has 27 heavy (non-hydrogen) atoms. The third-order valence-electron chi connectivity index (χ3n) is 3.88. The minimum Gasteiger partial charge on any atom is -0.446 e. The van der Waals surface area contributed by atoms with Gasteiger partial charge in [-0.2, -0.15) is 0 Å². The van der Waals surface area contributed by atoms with Crippen LogP contribution in [0.2, 0.25) is 0 Å². The molecule has 2 aromatic heterocycles. The summed E-state index contributed by atoms with van der Waals surface area (Å²) in [6, 6.07) is -0.905. The highest BCUT2D eigenvalue weighted by Crippen LogP contribution is 2.22. The number of nitrogens with one attached hydrogen (secondary N) is 1. The molecule has 2 heterocycles. The molecule has 2 rings (SSSR count). The van der Waals surface area contributed by atoms with Gasteiger partial charge in [-0.15, -0.1) is 0 Å². The van der Waals surface area contributed by atoms with Gasteiger partial charge in [0.2, 0.25) is 11.8 Å². The Morgan fingerprint density at radius 1 is 1.00 bits per heavy atom. The van der Waals surface area contributed by atoms with Gasteiger partial charge in [0.1, 0.15) is 18.6 Å². The molecule has 0 radical (unpaired) electrons. The largest absolute Gasteiger partial charge is 0.446 e. The third-order valence-corrected chi connectivity index (χ3v) is 3.88. The summed E-state index contributed by atoms with van der Waals surface area (Å²) in [4.78, 5) is 32.0. The van der Waals surface area contributed by atoms with Crippen LogP contribution in [0, 0.1) is 11.8 Å². The van der Waals surface area contributed by atoms with Crippen LogP contribution in [0.15, 0.2) is 21.4 Å². The SMILES string of the molecule is CC(C)C[C@H](NC(=O)c1coc([C@@H](N)CC(C)C)n1)c1nc(C(N)=O)co1. The van der Waals surface area contributed by atoms with Crippen LogP contribution < -0.4 is 16.8 Å². The predicted octanol–water partition coefficient (Wildman–Crippen LogP) is 2.32. The van der Waals surface area contributed by atoms with E-state index in [1.54, 1.807) is 0 Å². The van der Waals surface area contributed by atoms with E-state index >= 15 is 0 Å². The normalized spacial score (nSPS) is 13.7. The lowest BCUT2D eigenvalue weighted by molar-refractivity contribution is 0.0919. The summed E-state index contributed by atoms with van der Waals surface area (Å²) < 4.78 is 10.7. The number of oxazole rings is 2. The molecule has 0 saturated heterocycles. The van der Waals surface area contributed by atoms with Crippen molar-refractivity contribution in [3.05, 3.63) is 35.7 Å². The maximum absolute atomic E-state index is 12.6. The van der Waals surface area contributed by atoms with E-state index in [9.17, 15) is 9.59 Å². The highest BCUT2D eigenvalue weighted by Gasteiger charge is 2.25. The van der Waals surface area contributed by atoms with E-state index in [1.807, 2.05) is 27.7 Å². The van der Waals surface area contributed by atoms with E-state index in [2.05, 4.69) is 15.3 Å². The van der Waals surface area contributed by atoms with Gasteiger partial charge in [-0.1, -0.05) is 27.7 Å². The first kappa shape index (κ1) is 20.6. The Kier molecular flexibility index (Phi) is 6.73. The van der Waals surface area contributed by atoms with Crippen molar-refractivity contribution in [3.8, 4) is 0 Å². The Bertz CT molecular complexity index is 780. The quantitative estimate of drug-likeness (QED) is 0.606. The van der Waals surface area contributed by atoms with Crippen molar-refractivity contribution < 1.29 is 18.4 Å². The number of hydrogen-bond donors (Lipinski definition) is 3. The number of carbonyl (C=O) groups excluding carboxylic acids is 2. The van der Waals surface area contributed by atoms with Crippen LogP contribution in [0.25, 0.3) is 0 Å². The van der Waals surface area contributed by atoms with Crippen molar-refractivity contribution in [3.63, 3.8) is 0 Å². The first-order valence-electron chi connectivity index (χ1n) is 8.94. The second kappa shape index (κ2) is 8.81. The average molecular weight is 377 g/mol. The van der Waals surface area contributed by atoms with E-state index in [0.29, 0.717) is 24.7 Å². The zero-order chi connectivity index (χ0) is 20.1. The zero-order valence-electron chi connectivity index (χ0n) is 16.1. The van der Waals surface area contributed by atoms with Crippen LogP contribution in [0.5, 0.6) is 0 Å². The second-order valence-corrected chi connectivity index (χ2v) is 7.40. The van der Waals surface area contributed by atoms with Gasteiger partial charge in [-0.25, -0.2) is 9.97 Å². The number of amides is 2. The fourth-order valence-corrected chi connectivity index (χ4v) is 2.66. The Morgan fingerprint density at radius 2 is 1.56 bits per heavy atom. The van der Waals surface area contributed by atoms with Crippen LogP contribution in [-0.4, -0.2) is 21.8 Å². The zero-order valence-corrected chi connectivity index (χ0v) is 16.1. The molecule has 2 atom stereocenters. The van der Waals surface area contributed by atoms with E-state index < -0.39 is 17.9 Å². The molecule has 9 heteroatoms. The molecular weight excluding hydrogens is 350 g/mol. The first-order valence-corrected chi connectivity index (χ1v) is 8.94. The standard InChI is InChI=1S/C18H27N5O4/c1-9(2)5-11(19)17-23-14(8-26-17)16(25)21-12(6-10(3)4)18-22-13(7-27-18)15(20)24/h7-12H,5-6,19H2,1-4H3,(H2,20,24)(H,21,25)/t11-,12-/m0/s1. The third kappa shape index (κ3) is 5.65. The van der Waals surface area contributed by atoms with Gasteiger partial charge in [0, 0.05) is 0 Å². The molecule has 0 saturated carbocycles. The Hall–Kier alpha value is -2.68. The van der Waals surface area contributed by atoms with Gasteiger partial charge in [-0.05, 0) is 24.7 Å². The summed E-state index contributed by atoms with van der Waals surface area (Å²) in [6.45, 7) is 8.08. The second-order valence-electron chi connectivity index (χ2n) is 7.40. The predicted molar refractivity (Wildman–Crippen MR) is 97.6 cm³/mol. The Labute approximate surface area is 157 Å². The molecule has 0 aromatic carbocycles. The lowest BCUT2D eigenvalue weighted by atomic mass is 10.0. The summed E-state index contributed by atoms with van der Waals surface area (Å²) in [5, 5.41) is 2.82. The van der Waals surface area contributed by atoms with E-state index in [-0.39, 0.29) is 29.2 Å². The van der Waals surface area contributed by atoms with Crippen LogP contribution in [0.1, 0.15) is 85.4 Å². The lowest BCUT2D eigenvalue weighted by Crippen LogP contribution is -2.30. The number of hydrogen-bond acceptors (Lipinski definition) is 7. The first-order chi connectivity index (χ1) is 12.7. The number of rotatable bonds is 9. The molecule has 0 fully saturated rings. The fourth-order valence-electron chi connectivity index (χ4n) is 2.66. The number of carbonyl (C=O) groups is 2. The number of nitrogens with zero attached hydrogens (tertiary/aromatic N) is 2. The van der Waals surface area contributed by atoms with Gasteiger partial charge >= 0.3 is 0 Å². The molecule has 0 spiro atoms. The monoisotopic (exact) mass is 377 g/mol. The molecule has 0 aliphatic carbocycles. The average Bonchev–Trinajstić information content (AvgIpc) is 3.23. The summed E-state index contributed by atoms with van der Waals surface area (Å²) >= 11 is 0. The molecule has 9 nitrogen and oxygen atoms in total. The summed E-state index contributed by atoms with van der Waals surface area (Å²) in [6.07, 6.45) is 3.71. The van der Waals surface area contributed by atoms with Gasteiger partial charge in [0.05, 0.1) is 6.04 Å². The topological polar surface area (TPSA) is 150 Å². The Balaban J connectivity index is 2.13. The van der Waals surface area contributed by atoms with Gasteiger partial charge in [0.25, 0.3) is 11.8 Å². The van der Waals surface area contributed by atoms with Crippen molar-refractivity contribution in [2.75, 3.05) is 0 Å². The number of nitrogens with two attached hydrogens (primary N) is 2. The van der Waals surface area contributed by atoms with Crippen LogP contribution in [0.4, 0.5) is 0 Å². The van der Waals surface area contributed by atoms with Crippen molar-refractivity contribution in [2.45, 2.75) is 52.6 Å².